The fourth-order valence-electron chi connectivity index (χ4n) is 1.84. The standard InChI is InChI=1S/C15H11N5O5/c1-2-15(21)16-10-7-8-12(14(9-10)20(24)25)18-17-11-5-3-4-6-13(11)19(22)23/h2-9H,1H2,(H,16,21). The molecule has 2 rings (SSSR count). The molecule has 0 bridgehead atoms. The fraction of sp³-hybridized carbons (Fsp3) is 0. The van der Waals surface area contributed by atoms with Crippen LogP contribution in [0.15, 0.2) is 65.3 Å². The zero-order valence-corrected chi connectivity index (χ0v) is 12.7. The number of hydrogen-bond donors (Lipinski definition) is 1. The topological polar surface area (TPSA) is 140 Å². The maximum Gasteiger partial charge on any atom is 0.298 e. The van der Waals surface area contributed by atoms with Gasteiger partial charge in [-0.1, -0.05) is 18.7 Å². The minimum atomic E-state index is -0.697. The highest BCUT2D eigenvalue weighted by atomic mass is 16.6. The molecule has 0 heterocycles. The normalized spacial score (nSPS) is 10.4. The Bertz CT molecular complexity index is 894. The number of nitro benzene ring substituents is 2. The van der Waals surface area contributed by atoms with E-state index in [1.807, 2.05) is 0 Å². The smallest absolute Gasteiger partial charge is 0.298 e. The van der Waals surface area contributed by atoms with Gasteiger partial charge in [0.25, 0.3) is 11.4 Å². The van der Waals surface area contributed by atoms with Gasteiger partial charge < -0.3 is 5.32 Å². The molecule has 0 fully saturated rings. The van der Waals surface area contributed by atoms with Gasteiger partial charge in [-0.15, -0.1) is 10.2 Å². The monoisotopic (exact) mass is 341 g/mol. The van der Waals surface area contributed by atoms with E-state index in [4.69, 9.17) is 0 Å². The fourth-order valence-corrected chi connectivity index (χ4v) is 1.84. The predicted molar refractivity (Wildman–Crippen MR) is 89.2 cm³/mol. The van der Waals surface area contributed by atoms with Gasteiger partial charge in [-0.25, -0.2) is 0 Å². The second-order valence-electron chi connectivity index (χ2n) is 4.60. The minimum Gasteiger partial charge on any atom is -0.322 e. The summed E-state index contributed by atoms with van der Waals surface area (Å²) in [6, 6.07) is 9.38. The SMILES string of the molecule is C=CC(=O)Nc1ccc(N=Nc2ccccc2[N+](=O)[O-])c([N+](=O)[O-])c1. The second kappa shape index (κ2) is 7.55. The molecule has 0 aliphatic rings. The number of nitro groups is 2. The van der Waals surface area contributed by atoms with Crippen molar-refractivity contribution in [1.29, 1.82) is 0 Å². The van der Waals surface area contributed by atoms with Crippen molar-refractivity contribution in [3.8, 4) is 0 Å². The van der Waals surface area contributed by atoms with Crippen LogP contribution in [0.2, 0.25) is 0 Å². The number of carbonyl (C=O) groups is 1. The number of benzene rings is 2. The first-order valence-electron chi connectivity index (χ1n) is 6.79. The van der Waals surface area contributed by atoms with Crippen LogP contribution in [0.1, 0.15) is 0 Å². The van der Waals surface area contributed by atoms with E-state index >= 15 is 0 Å². The highest BCUT2D eigenvalue weighted by Crippen LogP contribution is 2.33. The van der Waals surface area contributed by atoms with E-state index in [1.165, 1.54) is 36.4 Å². The third kappa shape index (κ3) is 4.28. The Morgan fingerprint density at radius 1 is 1.00 bits per heavy atom. The molecule has 126 valence electrons. The zero-order valence-electron chi connectivity index (χ0n) is 12.7. The highest BCUT2D eigenvalue weighted by Gasteiger charge is 2.16. The van der Waals surface area contributed by atoms with Gasteiger partial charge >= 0.3 is 0 Å². The number of nitrogens with zero attached hydrogens (tertiary/aromatic N) is 4. The Kier molecular flexibility index (Phi) is 5.25. The van der Waals surface area contributed by atoms with Crippen LogP contribution >= 0.6 is 0 Å². The van der Waals surface area contributed by atoms with Crippen molar-refractivity contribution in [2.24, 2.45) is 10.2 Å². The summed E-state index contributed by atoms with van der Waals surface area (Å²) >= 11 is 0. The van der Waals surface area contributed by atoms with Crippen LogP contribution < -0.4 is 5.32 Å². The number of rotatable bonds is 6. The van der Waals surface area contributed by atoms with Crippen molar-refractivity contribution in [3.05, 3.63) is 75.3 Å². The Labute approximate surface area is 140 Å². The number of hydrogen-bond acceptors (Lipinski definition) is 7. The average Bonchev–Trinajstić information content (AvgIpc) is 2.60. The number of azo groups is 1. The molecule has 0 aromatic heterocycles. The van der Waals surface area contributed by atoms with Gasteiger partial charge in [-0.3, -0.25) is 25.0 Å². The van der Waals surface area contributed by atoms with Crippen LogP contribution in [0.3, 0.4) is 0 Å². The van der Waals surface area contributed by atoms with E-state index in [0.29, 0.717) is 0 Å². The largest absolute Gasteiger partial charge is 0.322 e. The van der Waals surface area contributed by atoms with Crippen LogP contribution in [0.5, 0.6) is 0 Å². The van der Waals surface area contributed by atoms with Crippen LogP contribution in [0.4, 0.5) is 28.4 Å². The summed E-state index contributed by atoms with van der Waals surface area (Å²) in [7, 11) is 0. The quantitative estimate of drug-likeness (QED) is 0.365. The van der Waals surface area contributed by atoms with E-state index in [2.05, 4.69) is 22.1 Å². The summed E-state index contributed by atoms with van der Waals surface area (Å²) in [5.74, 6) is -0.524. The van der Waals surface area contributed by atoms with Crippen LogP contribution in [0, 0.1) is 20.2 Å². The molecule has 1 N–H and O–H groups in total. The molecular formula is C15H11N5O5. The Morgan fingerprint density at radius 3 is 2.20 bits per heavy atom. The molecule has 0 spiro atoms. The van der Waals surface area contributed by atoms with Crippen LogP contribution in [-0.4, -0.2) is 15.8 Å². The highest BCUT2D eigenvalue weighted by molar-refractivity contribution is 5.99. The molecule has 10 nitrogen and oxygen atoms in total. The maximum atomic E-state index is 11.3. The summed E-state index contributed by atoms with van der Waals surface area (Å²) in [5, 5.41) is 31.9. The van der Waals surface area contributed by atoms with Gasteiger partial charge in [-0.05, 0) is 24.3 Å². The first-order valence-corrected chi connectivity index (χ1v) is 6.79. The third-order valence-electron chi connectivity index (χ3n) is 2.97. The van der Waals surface area contributed by atoms with Crippen LogP contribution in [-0.2, 0) is 4.79 Å². The molecule has 2 aromatic carbocycles. The lowest BCUT2D eigenvalue weighted by molar-refractivity contribution is -0.384. The van der Waals surface area contributed by atoms with Crippen molar-refractivity contribution < 1.29 is 14.6 Å². The molecule has 10 heteroatoms. The molecule has 2 aromatic rings. The van der Waals surface area contributed by atoms with Crippen LogP contribution in [0.25, 0.3) is 0 Å². The number of para-hydroxylation sites is 1. The predicted octanol–water partition coefficient (Wildman–Crippen LogP) is 4.04. The van der Waals surface area contributed by atoms with E-state index in [-0.39, 0.29) is 22.7 Å². The first-order chi connectivity index (χ1) is 11.9. The van der Waals surface area contributed by atoms with Crippen molar-refractivity contribution in [1.82, 2.24) is 0 Å². The van der Waals surface area contributed by atoms with Crippen molar-refractivity contribution in [2.75, 3.05) is 5.32 Å². The molecule has 0 unspecified atom stereocenters. The lowest BCUT2D eigenvalue weighted by Crippen LogP contribution is -2.07. The van der Waals surface area contributed by atoms with Gasteiger partial charge in [-0.2, -0.15) is 0 Å². The number of amides is 1. The molecule has 25 heavy (non-hydrogen) atoms. The van der Waals surface area contributed by atoms with Gasteiger partial charge in [0, 0.05) is 17.8 Å². The third-order valence-corrected chi connectivity index (χ3v) is 2.97. The molecular weight excluding hydrogens is 330 g/mol. The van der Waals surface area contributed by atoms with E-state index in [1.54, 1.807) is 0 Å². The Morgan fingerprint density at radius 2 is 1.60 bits per heavy atom. The van der Waals surface area contributed by atoms with Crippen molar-refractivity contribution >= 4 is 34.3 Å². The van der Waals surface area contributed by atoms with E-state index in [0.717, 1.165) is 12.1 Å². The summed E-state index contributed by atoms with van der Waals surface area (Å²) in [5.41, 5.74) is -0.653. The van der Waals surface area contributed by atoms with E-state index in [9.17, 15) is 25.0 Å². The van der Waals surface area contributed by atoms with Gasteiger partial charge in [0.05, 0.1) is 9.85 Å². The van der Waals surface area contributed by atoms with E-state index < -0.39 is 21.4 Å². The molecule has 0 saturated carbocycles. The molecule has 0 saturated heterocycles. The first kappa shape index (κ1) is 17.4. The summed E-state index contributed by atoms with van der Waals surface area (Å²) in [6.07, 6.45) is 1.02. The lowest BCUT2D eigenvalue weighted by Gasteiger charge is -2.03. The Hall–Kier alpha value is -3.95. The minimum absolute atomic E-state index is 0.0363. The molecule has 1 amide bonds. The number of nitrogens with one attached hydrogen (secondary N) is 1. The second-order valence-corrected chi connectivity index (χ2v) is 4.60. The maximum absolute atomic E-state index is 11.3. The molecule has 0 aliphatic carbocycles. The molecule has 0 radical (unpaired) electrons. The lowest BCUT2D eigenvalue weighted by atomic mass is 10.2. The molecule has 0 aliphatic heterocycles. The number of carbonyl (C=O) groups excluding carboxylic acids is 1. The van der Waals surface area contributed by atoms with Gasteiger partial charge in [0.2, 0.25) is 5.91 Å². The Balaban J connectivity index is 2.39. The zero-order chi connectivity index (χ0) is 18.4. The molecule has 0 atom stereocenters. The van der Waals surface area contributed by atoms with Crippen molar-refractivity contribution in [2.45, 2.75) is 0 Å². The summed E-state index contributed by atoms with van der Waals surface area (Å²) < 4.78 is 0. The van der Waals surface area contributed by atoms with Gasteiger partial charge in [0.1, 0.15) is 0 Å². The average molecular weight is 341 g/mol. The summed E-state index contributed by atoms with van der Waals surface area (Å²) in [4.78, 5) is 32.0. The van der Waals surface area contributed by atoms with Gasteiger partial charge in [0.15, 0.2) is 11.4 Å². The van der Waals surface area contributed by atoms with Crippen molar-refractivity contribution in [3.63, 3.8) is 0 Å². The number of anilines is 1. The summed E-state index contributed by atoms with van der Waals surface area (Å²) in [6.45, 7) is 3.28.